The Bertz CT molecular complexity index is 380. The molecule has 0 N–H and O–H groups in total. The number of hydrogen-bond donors (Lipinski definition) is 0. The summed E-state index contributed by atoms with van der Waals surface area (Å²) in [6, 6.07) is 6.34. The van der Waals surface area contributed by atoms with Crippen molar-refractivity contribution in [1.29, 1.82) is 0 Å². The molecule has 0 amide bonds. The van der Waals surface area contributed by atoms with Gasteiger partial charge in [-0.15, -0.1) is 0 Å². The van der Waals surface area contributed by atoms with Crippen LogP contribution in [-0.4, -0.2) is 13.9 Å². The first-order valence-electron chi connectivity index (χ1n) is 3.13. The van der Waals surface area contributed by atoms with Crippen LogP contribution in [0.15, 0.2) is 29.2 Å². The second-order valence-electron chi connectivity index (χ2n) is 2.18. The van der Waals surface area contributed by atoms with E-state index >= 15 is 0 Å². The molecule has 0 heterocycles. The van der Waals surface area contributed by atoms with E-state index in [1.165, 1.54) is 0 Å². The molecule has 0 unspecified atom stereocenters. The summed E-state index contributed by atoms with van der Waals surface area (Å²) in [5, 5.41) is 0. The zero-order valence-electron chi connectivity index (χ0n) is 6.17. The topological polar surface area (TPSA) is 34.1 Å². The van der Waals surface area contributed by atoms with Gasteiger partial charge in [-0.1, -0.05) is 12.1 Å². The van der Waals surface area contributed by atoms with E-state index in [1.807, 2.05) is 0 Å². The molecule has 0 saturated heterocycles. The summed E-state index contributed by atoms with van der Waals surface area (Å²) >= 11 is 0. The van der Waals surface area contributed by atoms with E-state index in [2.05, 4.69) is 6.07 Å². The first kappa shape index (κ1) is 10.0. The Morgan fingerprint density at radius 1 is 1.15 bits per heavy atom. The Morgan fingerprint density at radius 3 is 2.00 bits per heavy atom. The molecule has 0 bridgehead atoms. The minimum Gasteiger partial charge on any atom is -0.214 e. The number of hydrogen-bond acceptors (Lipinski definition) is 2. The van der Waals surface area contributed by atoms with E-state index in [9.17, 15) is 21.6 Å². The van der Waals surface area contributed by atoms with Gasteiger partial charge in [-0.3, -0.25) is 0 Å². The molecule has 6 heteroatoms. The van der Waals surface area contributed by atoms with Crippen molar-refractivity contribution in [2.45, 2.75) is 10.4 Å². The molecule has 0 aliphatic rings. The largest absolute Gasteiger partial charge is 0.501 e. The van der Waals surface area contributed by atoms with Gasteiger partial charge in [-0.2, -0.15) is 13.2 Å². The number of rotatable bonds is 1. The average molecular weight is 209 g/mol. The van der Waals surface area contributed by atoms with Crippen LogP contribution in [0.4, 0.5) is 13.2 Å². The maximum absolute atomic E-state index is 11.9. The van der Waals surface area contributed by atoms with Crippen LogP contribution in [0.2, 0.25) is 0 Å². The van der Waals surface area contributed by atoms with Gasteiger partial charge in [0.05, 0.1) is 4.90 Å². The van der Waals surface area contributed by atoms with Crippen LogP contribution >= 0.6 is 0 Å². The van der Waals surface area contributed by atoms with Gasteiger partial charge in [0.25, 0.3) is 9.84 Å². The standard InChI is InChI=1S/C7H4F3O2S/c8-7(9,10)13(11,12)6-4-2-1-3-5-6/h2-5H. The fraction of sp³-hybridized carbons (Fsp3) is 0.143. The minimum absolute atomic E-state index is 0.765. The van der Waals surface area contributed by atoms with Crippen molar-refractivity contribution in [3.8, 4) is 0 Å². The normalized spacial score (nSPS) is 12.8. The van der Waals surface area contributed by atoms with Crippen molar-refractivity contribution >= 4 is 9.84 Å². The number of halogens is 3. The Hall–Kier alpha value is -1.04. The molecular formula is C7H4F3O2S. The maximum atomic E-state index is 11.9. The van der Waals surface area contributed by atoms with E-state index in [-0.39, 0.29) is 0 Å². The number of sulfone groups is 1. The van der Waals surface area contributed by atoms with Gasteiger partial charge in [-0.05, 0) is 18.2 Å². The predicted octanol–water partition coefficient (Wildman–Crippen LogP) is 1.78. The van der Waals surface area contributed by atoms with Crippen molar-refractivity contribution in [1.82, 2.24) is 0 Å². The summed E-state index contributed by atoms with van der Waals surface area (Å²) in [4.78, 5) is -0.765. The van der Waals surface area contributed by atoms with Crippen LogP contribution in [0.5, 0.6) is 0 Å². The van der Waals surface area contributed by atoms with Crippen LogP contribution < -0.4 is 0 Å². The molecule has 1 aromatic rings. The van der Waals surface area contributed by atoms with Gasteiger partial charge in [0, 0.05) is 0 Å². The van der Waals surface area contributed by atoms with Gasteiger partial charge in [-0.25, -0.2) is 8.42 Å². The Balaban J connectivity index is 3.26. The monoisotopic (exact) mass is 209 g/mol. The Morgan fingerprint density at radius 2 is 1.62 bits per heavy atom. The zero-order valence-corrected chi connectivity index (χ0v) is 6.98. The third-order valence-electron chi connectivity index (χ3n) is 1.30. The average Bonchev–Trinajstić information content (AvgIpc) is 2.04. The van der Waals surface area contributed by atoms with Gasteiger partial charge in [0.15, 0.2) is 0 Å². The summed E-state index contributed by atoms with van der Waals surface area (Å²) < 4.78 is 57.2. The van der Waals surface area contributed by atoms with Crippen molar-refractivity contribution in [3.05, 3.63) is 30.3 Å². The number of benzene rings is 1. The van der Waals surface area contributed by atoms with Crippen LogP contribution in [0.1, 0.15) is 0 Å². The third kappa shape index (κ3) is 1.82. The van der Waals surface area contributed by atoms with Crippen molar-refractivity contribution in [2.75, 3.05) is 0 Å². The molecule has 0 spiro atoms. The van der Waals surface area contributed by atoms with Crippen LogP contribution in [0.3, 0.4) is 0 Å². The molecule has 0 aliphatic heterocycles. The summed E-state index contributed by atoms with van der Waals surface area (Å²) in [6.07, 6.45) is 0. The molecule has 1 aromatic carbocycles. The van der Waals surface area contributed by atoms with Gasteiger partial charge in [0.2, 0.25) is 0 Å². The van der Waals surface area contributed by atoms with E-state index in [4.69, 9.17) is 0 Å². The Kier molecular flexibility index (Phi) is 2.34. The molecule has 0 saturated carbocycles. The molecule has 1 rings (SSSR count). The highest BCUT2D eigenvalue weighted by Crippen LogP contribution is 2.29. The first-order chi connectivity index (χ1) is 5.86. The molecule has 0 atom stereocenters. The highest BCUT2D eigenvalue weighted by Gasteiger charge is 2.46. The smallest absolute Gasteiger partial charge is 0.214 e. The fourth-order valence-electron chi connectivity index (χ4n) is 0.684. The first-order valence-corrected chi connectivity index (χ1v) is 4.61. The second-order valence-corrected chi connectivity index (χ2v) is 4.13. The second kappa shape index (κ2) is 3.02. The van der Waals surface area contributed by atoms with Crippen LogP contribution in [0, 0.1) is 6.07 Å². The zero-order chi connectivity index (χ0) is 10.1. The lowest BCUT2D eigenvalue weighted by Gasteiger charge is -2.06. The lowest BCUT2D eigenvalue weighted by atomic mass is 10.4. The van der Waals surface area contributed by atoms with Crippen LogP contribution in [-0.2, 0) is 9.84 Å². The minimum atomic E-state index is -5.24. The lowest BCUT2D eigenvalue weighted by Crippen LogP contribution is -2.23. The van der Waals surface area contributed by atoms with E-state index in [1.54, 1.807) is 0 Å². The lowest BCUT2D eigenvalue weighted by molar-refractivity contribution is -0.0436. The summed E-state index contributed by atoms with van der Waals surface area (Å²) in [6.45, 7) is 0. The van der Waals surface area contributed by atoms with Crippen molar-refractivity contribution < 1.29 is 21.6 Å². The number of alkyl halides is 3. The summed E-state index contributed by atoms with van der Waals surface area (Å²) in [5.74, 6) is 0. The van der Waals surface area contributed by atoms with E-state index in [0.29, 0.717) is 0 Å². The predicted molar refractivity (Wildman–Crippen MR) is 38.5 cm³/mol. The molecule has 0 fully saturated rings. The molecule has 71 valence electrons. The van der Waals surface area contributed by atoms with Gasteiger partial charge >= 0.3 is 5.51 Å². The fourth-order valence-corrected chi connectivity index (χ4v) is 1.45. The Labute approximate surface area is 72.9 Å². The van der Waals surface area contributed by atoms with E-state index in [0.717, 1.165) is 24.3 Å². The van der Waals surface area contributed by atoms with Crippen LogP contribution in [0.25, 0.3) is 0 Å². The van der Waals surface area contributed by atoms with Crippen molar-refractivity contribution in [3.63, 3.8) is 0 Å². The quantitative estimate of drug-likeness (QED) is 0.706. The molecule has 1 radical (unpaired) electrons. The summed E-state index contributed by atoms with van der Waals surface area (Å²) in [7, 11) is -5.20. The van der Waals surface area contributed by atoms with Crippen molar-refractivity contribution in [2.24, 2.45) is 0 Å². The highest BCUT2D eigenvalue weighted by molar-refractivity contribution is 7.92. The third-order valence-corrected chi connectivity index (χ3v) is 2.80. The summed E-state index contributed by atoms with van der Waals surface area (Å²) in [5.41, 5.74) is -5.24. The maximum Gasteiger partial charge on any atom is 0.501 e. The molecule has 13 heavy (non-hydrogen) atoms. The SMILES string of the molecule is O=S(=O)(c1cc[c]cc1)C(F)(F)F. The van der Waals surface area contributed by atoms with E-state index < -0.39 is 20.2 Å². The molecule has 0 aliphatic carbocycles. The molecule has 0 aromatic heterocycles. The van der Waals surface area contributed by atoms with Gasteiger partial charge < -0.3 is 0 Å². The molecule has 2 nitrogen and oxygen atoms in total. The molecular weight excluding hydrogens is 205 g/mol. The highest BCUT2D eigenvalue weighted by atomic mass is 32.2. The van der Waals surface area contributed by atoms with Gasteiger partial charge in [0.1, 0.15) is 0 Å².